The van der Waals surface area contributed by atoms with Crippen molar-refractivity contribution in [2.45, 2.75) is 13.5 Å². The van der Waals surface area contributed by atoms with Gasteiger partial charge in [0.25, 0.3) is 0 Å². The number of aliphatic hydroxyl groups is 2. The highest BCUT2D eigenvalue weighted by Gasteiger charge is 2.03. The summed E-state index contributed by atoms with van der Waals surface area (Å²) in [5, 5.41) is 16.9. The third-order valence-corrected chi connectivity index (χ3v) is 2.25. The molecule has 86 valence electrons. The largest absolute Gasteiger partial charge is 0.400 e. The van der Waals surface area contributed by atoms with Crippen molar-refractivity contribution in [3.05, 3.63) is 35.5 Å². The Hall–Kier alpha value is -1.65. The summed E-state index contributed by atoms with van der Waals surface area (Å²) in [5.41, 5.74) is 2.40. The molecular formula is C12H15NO3. The van der Waals surface area contributed by atoms with Gasteiger partial charge in [0.1, 0.15) is 0 Å². The maximum atomic E-state index is 11.1. The molecule has 16 heavy (non-hydrogen) atoms. The summed E-state index contributed by atoms with van der Waals surface area (Å²) in [6.45, 7) is 1.53. The van der Waals surface area contributed by atoms with Gasteiger partial charge in [-0.05, 0) is 31.2 Å². The van der Waals surface area contributed by atoms with Crippen molar-refractivity contribution in [2.75, 3.05) is 7.11 Å². The molecule has 0 amide bonds. The molecule has 0 spiro atoms. The normalized spacial score (nSPS) is 9.75. The fourth-order valence-corrected chi connectivity index (χ4v) is 1.50. The molecule has 0 saturated heterocycles. The Morgan fingerprint density at radius 1 is 1.31 bits per heavy atom. The number of aromatic amines is 1. The number of Topliss-reactive ketones (excluding diaryl/α,β-unsaturated/α-hetero) is 1. The van der Waals surface area contributed by atoms with Crippen molar-refractivity contribution < 1.29 is 15.0 Å². The number of aromatic nitrogens is 1. The van der Waals surface area contributed by atoms with Crippen LogP contribution in [0.1, 0.15) is 23.0 Å². The van der Waals surface area contributed by atoms with Crippen molar-refractivity contribution in [3.8, 4) is 0 Å². The number of nitrogens with one attached hydrogen (secondary N) is 1. The Morgan fingerprint density at radius 3 is 2.56 bits per heavy atom. The van der Waals surface area contributed by atoms with Gasteiger partial charge in [-0.15, -0.1) is 0 Å². The van der Waals surface area contributed by atoms with E-state index in [0.29, 0.717) is 5.56 Å². The molecule has 0 bridgehead atoms. The third kappa shape index (κ3) is 2.48. The zero-order valence-corrected chi connectivity index (χ0v) is 9.32. The fourth-order valence-electron chi connectivity index (χ4n) is 1.50. The Morgan fingerprint density at radius 2 is 2.00 bits per heavy atom. The molecule has 4 heteroatoms. The Kier molecular flexibility index (Phi) is 4.22. The average molecular weight is 221 g/mol. The third-order valence-electron chi connectivity index (χ3n) is 2.25. The van der Waals surface area contributed by atoms with Gasteiger partial charge in [-0.3, -0.25) is 4.79 Å². The molecule has 0 radical (unpaired) electrons. The van der Waals surface area contributed by atoms with Gasteiger partial charge in [0.15, 0.2) is 5.78 Å². The van der Waals surface area contributed by atoms with Gasteiger partial charge in [0, 0.05) is 29.3 Å². The zero-order chi connectivity index (χ0) is 12.1. The molecule has 1 aromatic heterocycles. The van der Waals surface area contributed by atoms with E-state index in [1.54, 1.807) is 13.0 Å². The first-order valence-electron chi connectivity index (χ1n) is 4.89. The molecule has 0 aliphatic rings. The van der Waals surface area contributed by atoms with E-state index in [9.17, 15) is 4.79 Å². The van der Waals surface area contributed by atoms with Crippen molar-refractivity contribution in [1.82, 2.24) is 4.98 Å². The molecule has 0 saturated carbocycles. The smallest absolute Gasteiger partial charge is 0.159 e. The van der Waals surface area contributed by atoms with Crippen LogP contribution in [0.2, 0.25) is 0 Å². The lowest BCUT2D eigenvalue weighted by molar-refractivity contribution is 0.101. The fraction of sp³-hybridized carbons (Fsp3) is 0.250. The molecule has 0 aliphatic heterocycles. The van der Waals surface area contributed by atoms with Gasteiger partial charge in [0.05, 0.1) is 6.61 Å². The number of carbonyl (C=O) groups excluding carboxylic acids is 1. The molecule has 0 aliphatic carbocycles. The van der Waals surface area contributed by atoms with Crippen molar-refractivity contribution in [2.24, 2.45) is 0 Å². The minimum Gasteiger partial charge on any atom is -0.400 e. The highest BCUT2D eigenvalue weighted by molar-refractivity contribution is 5.98. The second-order valence-corrected chi connectivity index (χ2v) is 3.31. The second-order valence-electron chi connectivity index (χ2n) is 3.31. The quantitative estimate of drug-likeness (QED) is 0.672. The van der Waals surface area contributed by atoms with Crippen LogP contribution in [0.3, 0.4) is 0 Å². The molecule has 2 rings (SSSR count). The van der Waals surface area contributed by atoms with Crippen molar-refractivity contribution >= 4 is 16.7 Å². The first-order valence-corrected chi connectivity index (χ1v) is 4.89. The highest BCUT2D eigenvalue weighted by atomic mass is 16.3. The second kappa shape index (κ2) is 5.44. The van der Waals surface area contributed by atoms with Gasteiger partial charge in [-0.2, -0.15) is 0 Å². The van der Waals surface area contributed by atoms with Crippen LogP contribution in [0, 0.1) is 0 Å². The summed E-state index contributed by atoms with van der Waals surface area (Å²) in [4.78, 5) is 14.2. The van der Waals surface area contributed by atoms with E-state index in [2.05, 4.69) is 4.98 Å². The van der Waals surface area contributed by atoms with Crippen molar-refractivity contribution in [1.29, 1.82) is 0 Å². The predicted octanol–water partition coefficient (Wildman–Crippen LogP) is 1.47. The maximum Gasteiger partial charge on any atom is 0.159 e. The number of ketones is 1. The number of hydrogen-bond acceptors (Lipinski definition) is 3. The molecule has 0 atom stereocenters. The maximum absolute atomic E-state index is 11.1. The lowest BCUT2D eigenvalue weighted by Crippen LogP contribution is -1.89. The minimum absolute atomic E-state index is 0.00984. The summed E-state index contributed by atoms with van der Waals surface area (Å²) < 4.78 is 0. The summed E-state index contributed by atoms with van der Waals surface area (Å²) >= 11 is 0. The van der Waals surface area contributed by atoms with E-state index in [-0.39, 0.29) is 12.4 Å². The first kappa shape index (κ1) is 12.4. The molecule has 4 nitrogen and oxygen atoms in total. The summed E-state index contributed by atoms with van der Waals surface area (Å²) in [6, 6.07) is 7.31. The van der Waals surface area contributed by atoms with E-state index in [0.717, 1.165) is 23.7 Å². The molecule has 0 fully saturated rings. The number of rotatable bonds is 2. The molecule has 1 heterocycles. The van der Waals surface area contributed by atoms with Gasteiger partial charge in [-0.1, -0.05) is 0 Å². The lowest BCUT2D eigenvalue weighted by Gasteiger charge is -1.94. The topological polar surface area (TPSA) is 73.3 Å². The number of aliphatic hydroxyl groups excluding tert-OH is 2. The summed E-state index contributed by atoms with van der Waals surface area (Å²) in [5.74, 6) is 0.0543. The Labute approximate surface area is 93.5 Å². The van der Waals surface area contributed by atoms with E-state index < -0.39 is 0 Å². The Balaban J connectivity index is 0.000000606. The number of H-pyrrole nitrogens is 1. The van der Waals surface area contributed by atoms with Crippen LogP contribution >= 0.6 is 0 Å². The van der Waals surface area contributed by atoms with Gasteiger partial charge in [0.2, 0.25) is 0 Å². The van der Waals surface area contributed by atoms with Crippen LogP contribution in [0.5, 0.6) is 0 Å². The SMILES string of the molecule is CC(=O)c1ccc2[nH]c(CO)cc2c1.CO. The minimum atomic E-state index is -0.00984. The number of hydrogen-bond donors (Lipinski definition) is 3. The van der Waals surface area contributed by atoms with Gasteiger partial charge >= 0.3 is 0 Å². The highest BCUT2D eigenvalue weighted by Crippen LogP contribution is 2.17. The lowest BCUT2D eigenvalue weighted by atomic mass is 10.1. The van der Waals surface area contributed by atoms with E-state index in [1.807, 2.05) is 18.2 Å². The standard InChI is InChI=1S/C11H11NO2.CH4O/c1-7(14)8-2-3-11-9(4-8)5-10(6-13)12-11;1-2/h2-5,12-13H,6H2,1H3;2H,1H3. The average Bonchev–Trinajstić information content (AvgIpc) is 2.73. The number of fused-ring (bicyclic) bond motifs is 1. The number of carbonyl (C=O) groups is 1. The molecular weight excluding hydrogens is 206 g/mol. The predicted molar refractivity (Wildman–Crippen MR) is 62.4 cm³/mol. The van der Waals surface area contributed by atoms with Gasteiger partial charge < -0.3 is 15.2 Å². The van der Waals surface area contributed by atoms with Crippen LogP contribution in [0.25, 0.3) is 10.9 Å². The number of benzene rings is 1. The first-order chi connectivity index (χ1) is 7.70. The summed E-state index contributed by atoms with van der Waals surface area (Å²) in [6.07, 6.45) is 0. The van der Waals surface area contributed by atoms with Crippen LogP contribution < -0.4 is 0 Å². The van der Waals surface area contributed by atoms with Crippen LogP contribution in [-0.4, -0.2) is 28.1 Å². The molecule has 3 N–H and O–H groups in total. The van der Waals surface area contributed by atoms with Crippen LogP contribution in [-0.2, 0) is 6.61 Å². The van der Waals surface area contributed by atoms with E-state index >= 15 is 0 Å². The van der Waals surface area contributed by atoms with E-state index in [1.165, 1.54) is 0 Å². The monoisotopic (exact) mass is 221 g/mol. The molecule has 1 aromatic carbocycles. The Bertz CT molecular complexity index is 488. The van der Waals surface area contributed by atoms with Gasteiger partial charge in [-0.25, -0.2) is 0 Å². The summed E-state index contributed by atoms with van der Waals surface area (Å²) in [7, 11) is 1.00. The molecule has 2 aromatic rings. The zero-order valence-electron chi connectivity index (χ0n) is 9.32. The van der Waals surface area contributed by atoms with Crippen molar-refractivity contribution in [3.63, 3.8) is 0 Å². The van der Waals surface area contributed by atoms with Crippen LogP contribution in [0.4, 0.5) is 0 Å². The van der Waals surface area contributed by atoms with E-state index in [4.69, 9.17) is 10.2 Å². The molecule has 0 unspecified atom stereocenters. The van der Waals surface area contributed by atoms with Crippen LogP contribution in [0.15, 0.2) is 24.3 Å².